The van der Waals surface area contributed by atoms with Crippen LogP contribution in [0.1, 0.15) is 38.3 Å². The van der Waals surface area contributed by atoms with Crippen LogP contribution in [0.3, 0.4) is 0 Å². The minimum absolute atomic E-state index is 0.0169. The predicted molar refractivity (Wildman–Crippen MR) is 111 cm³/mol. The van der Waals surface area contributed by atoms with Gasteiger partial charge in [-0.1, -0.05) is 42.5 Å². The molecule has 0 bridgehead atoms. The van der Waals surface area contributed by atoms with E-state index in [0.29, 0.717) is 24.1 Å². The molecule has 1 aliphatic rings. The summed E-state index contributed by atoms with van der Waals surface area (Å²) in [6.45, 7) is 0.715. The van der Waals surface area contributed by atoms with E-state index in [0.717, 1.165) is 5.56 Å². The molecular weight excluding hydrogens is 381 g/mol. The van der Waals surface area contributed by atoms with Crippen LogP contribution in [-0.4, -0.2) is 29.0 Å². The van der Waals surface area contributed by atoms with Gasteiger partial charge in [0.15, 0.2) is 24.7 Å². The maximum Gasteiger partial charge on any atom is 0.526 e. The Balaban J connectivity index is 1.44. The third-order valence-corrected chi connectivity index (χ3v) is 5.32. The number of Topliss-reactive ketones (excluding diaryl/α,β-unsaturated/α-hetero) is 1. The van der Waals surface area contributed by atoms with E-state index in [4.69, 9.17) is 4.65 Å². The molecule has 0 radical (unpaired) electrons. The van der Waals surface area contributed by atoms with Crippen LogP contribution in [0.15, 0.2) is 73.1 Å². The van der Waals surface area contributed by atoms with Crippen LogP contribution >= 0.6 is 0 Å². The standard InChI is InChI=1S/C23H20BNO5/c26-21(17-9-7-16(8-10-17)15-25-11-2-1-3-12-25)14-19-13-18-5-4-6-20(23(27)28)22(18)30-24(19)29/h1-12,19,29H,13-15H2/p+1/t19-/m1/s1. The second kappa shape index (κ2) is 8.51. The van der Waals surface area contributed by atoms with E-state index >= 15 is 0 Å². The first-order valence-electron chi connectivity index (χ1n) is 9.77. The highest BCUT2D eigenvalue weighted by Gasteiger charge is 2.37. The van der Waals surface area contributed by atoms with Crippen molar-refractivity contribution in [3.8, 4) is 5.75 Å². The first kappa shape index (κ1) is 19.9. The fourth-order valence-corrected chi connectivity index (χ4v) is 3.73. The molecule has 2 heterocycles. The smallest absolute Gasteiger partial charge is 0.526 e. The Morgan fingerprint density at radius 1 is 1.03 bits per heavy atom. The minimum Gasteiger partial charge on any atom is -0.535 e. The van der Waals surface area contributed by atoms with E-state index in [-0.39, 0.29) is 23.5 Å². The number of rotatable bonds is 6. The lowest BCUT2D eigenvalue weighted by atomic mass is 9.64. The SMILES string of the molecule is O=C(C[C@H]1Cc2cccc(C(=O)O)c2OB1O)c1ccc(C[n+]2ccccc2)cc1. The predicted octanol–water partition coefficient (Wildman–Crippen LogP) is 2.78. The number of hydrogen-bond acceptors (Lipinski definition) is 4. The fourth-order valence-electron chi connectivity index (χ4n) is 3.73. The average Bonchev–Trinajstić information content (AvgIpc) is 2.75. The molecule has 7 heteroatoms. The van der Waals surface area contributed by atoms with Crippen LogP contribution in [-0.2, 0) is 13.0 Å². The van der Waals surface area contributed by atoms with Crippen LogP contribution in [0.4, 0.5) is 0 Å². The maximum atomic E-state index is 12.7. The minimum atomic E-state index is -1.23. The van der Waals surface area contributed by atoms with Crippen molar-refractivity contribution in [1.82, 2.24) is 0 Å². The van der Waals surface area contributed by atoms with Gasteiger partial charge in [-0.15, -0.1) is 0 Å². The Morgan fingerprint density at radius 2 is 1.77 bits per heavy atom. The Morgan fingerprint density at radius 3 is 2.47 bits per heavy atom. The number of carboxylic acid groups (broad SMARTS) is 1. The summed E-state index contributed by atoms with van der Waals surface area (Å²) in [5.41, 5.74) is 2.37. The number of carbonyl (C=O) groups is 2. The molecular formula is C23H21BNO5+. The number of carboxylic acids is 1. The Bertz CT molecular complexity index is 1070. The molecule has 1 atom stereocenters. The quantitative estimate of drug-likeness (QED) is 0.376. The molecule has 30 heavy (non-hydrogen) atoms. The Kier molecular flexibility index (Phi) is 5.63. The zero-order valence-corrected chi connectivity index (χ0v) is 16.3. The van der Waals surface area contributed by atoms with E-state index in [9.17, 15) is 19.7 Å². The zero-order valence-electron chi connectivity index (χ0n) is 16.3. The van der Waals surface area contributed by atoms with Gasteiger partial charge in [0.2, 0.25) is 0 Å². The molecule has 2 N–H and O–H groups in total. The zero-order chi connectivity index (χ0) is 21.1. The van der Waals surface area contributed by atoms with Gasteiger partial charge in [0.25, 0.3) is 0 Å². The van der Waals surface area contributed by atoms with Gasteiger partial charge in [0, 0.05) is 35.5 Å². The third-order valence-electron chi connectivity index (χ3n) is 5.32. The second-order valence-electron chi connectivity index (χ2n) is 7.44. The van der Waals surface area contributed by atoms with E-state index in [1.54, 1.807) is 24.3 Å². The fraction of sp³-hybridized carbons (Fsp3) is 0.174. The molecule has 0 fully saturated rings. The van der Waals surface area contributed by atoms with Gasteiger partial charge in [-0.3, -0.25) is 4.79 Å². The van der Waals surface area contributed by atoms with Crippen molar-refractivity contribution in [3.63, 3.8) is 0 Å². The first-order valence-corrected chi connectivity index (χ1v) is 9.77. The normalized spacial score (nSPS) is 15.2. The summed E-state index contributed by atoms with van der Waals surface area (Å²) in [5, 5.41) is 19.6. The van der Waals surface area contributed by atoms with Crippen LogP contribution in [0.25, 0.3) is 0 Å². The molecule has 0 amide bonds. The van der Waals surface area contributed by atoms with E-state index in [2.05, 4.69) is 4.57 Å². The summed E-state index contributed by atoms with van der Waals surface area (Å²) in [7, 11) is -1.23. The molecule has 1 aromatic heterocycles. The molecule has 0 saturated heterocycles. The van der Waals surface area contributed by atoms with Crippen molar-refractivity contribution in [1.29, 1.82) is 0 Å². The van der Waals surface area contributed by atoms with Crippen molar-refractivity contribution in [2.75, 3.05) is 0 Å². The summed E-state index contributed by atoms with van der Waals surface area (Å²) in [6.07, 6.45) is 4.46. The highest BCUT2D eigenvalue weighted by atomic mass is 16.5. The number of ketones is 1. The van der Waals surface area contributed by atoms with Crippen LogP contribution in [0, 0.1) is 0 Å². The summed E-state index contributed by atoms with van der Waals surface area (Å²) < 4.78 is 7.53. The molecule has 3 aromatic rings. The van der Waals surface area contributed by atoms with E-state index < -0.39 is 18.9 Å². The van der Waals surface area contributed by atoms with Gasteiger partial charge in [0.1, 0.15) is 5.75 Å². The molecule has 0 unspecified atom stereocenters. The third kappa shape index (κ3) is 4.26. The molecule has 2 aromatic carbocycles. The van der Waals surface area contributed by atoms with Crippen molar-refractivity contribution in [3.05, 3.63) is 95.3 Å². The van der Waals surface area contributed by atoms with E-state index in [1.807, 2.05) is 42.7 Å². The van der Waals surface area contributed by atoms with Crippen LogP contribution in [0.5, 0.6) is 5.75 Å². The van der Waals surface area contributed by atoms with Crippen molar-refractivity contribution in [2.24, 2.45) is 0 Å². The number of benzene rings is 2. The summed E-state index contributed by atoms with van der Waals surface area (Å²) in [6, 6.07) is 18.2. The highest BCUT2D eigenvalue weighted by Crippen LogP contribution is 2.36. The van der Waals surface area contributed by atoms with Crippen LogP contribution < -0.4 is 9.22 Å². The lowest BCUT2D eigenvalue weighted by Gasteiger charge is -2.28. The molecule has 1 aliphatic heterocycles. The molecule has 4 rings (SSSR count). The maximum absolute atomic E-state index is 12.7. The Hall–Kier alpha value is -3.45. The van der Waals surface area contributed by atoms with E-state index in [1.165, 1.54) is 6.07 Å². The Labute approximate surface area is 174 Å². The number of fused-ring (bicyclic) bond motifs is 1. The average molecular weight is 402 g/mol. The number of pyridine rings is 1. The monoisotopic (exact) mass is 402 g/mol. The summed E-state index contributed by atoms with van der Waals surface area (Å²) >= 11 is 0. The number of para-hydroxylation sites is 1. The largest absolute Gasteiger partial charge is 0.535 e. The lowest BCUT2D eigenvalue weighted by molar-refractivity contribution is -0.688. The number of aromatic nitrogens is 1. The van der Waals surface area contributed by atoms with Gasteiger partial charge in [-0.05, 0) is 18.1 Å². The van der Waals surface area contributed by atoms with Crippen molar-refractivity contribution in [2.45, 2.75) is 25.2 Å². The second-order valence-corrected chi connectivity index (χ2v) is 7.44. The van der Waals surface area contributed by atoms with Gasteiger partial charge in [-0.2, -0.15) is 0 Å². The number of aromatic carboxylic acids is 1. The molecule has 6 nitrogen and oxygen atoms in total. The number of carbonyl (C=O) groups excluding carboxylic acids is 1. The summed E-state index contributed by atoms with van der Waals surface area (Å²) in [4.78, 5) is 24.1. The summed E-state index contributed by atoms with van der Waals surface area (Å²) in [5.74, 6) is -1.45. The lowest BCUT2D eigenvalue weighted by Crippen LogP contribution is -2.35. The first-order chi connectivity index (χ1) is 14.5. The van der Waals surface area contributed by atoms with Gasteiger partial charge >= 0.3 is 13.1 Å². The highest BCUT2D eigenvalue weighted by molar-refractivity contribution is 6.47. The topological polar surface area (TPSA) is 87.7 Å². The molecule has 0 aliphatic carbocycles. The number of hydrogen-bond donors (Lipinski definition) is 2. The van der Waals surface area contributed by atoms with Gasteiger partial charge in [-0.25, -0.2) is 9.36 Å². The molecule has 150 valence electrons. The van der Waals surface area contributed by atoms with Gasteiger partial charge < -0.3 is 14.8 Å². The van der Waals surface area contributed by atoms with Crippen molar-refractivity contribution >= 4 is 18.9 Å². The van der Waals surface area contributed by atoms with Crippen molar-refractivity contribution < 1.29 is 28.9 Å². The van der Waals surface area contributed by atoms with Crippen LogP contribution in [0.2, 0.25) is 5.82 Å². The molecule has 0 spiro atoms. The van der Waals surface area contributed by atoms with Gasteiger partial charge in [0.05, 0.1) is 5.56 Å². The number of nitrogens with zero attached hydrogens (tertiary/aromatic N) is 1. The molecule has 0 saturated carbocycles.